The van der Waals surface area contributed by atoms with Gasteiger partial charge in [-0.15, -0.1) is 0 Å². The van der Waals surface area contributed by atoms with Crippen LogP contribution in [0.1, 0.15) is 17.7 Å². The van der Waals surface area contributed by atoms with E-state index >= 15 is 0 Å². The number of para-hydroxylation sites is 1. The minimum atomic E-state index is 0.927. The first-order valence-corrected chi connectivity index (χ1v) is 25.8. The van der Waals surface area contributed by atoms with Gasteiger partial charge in [-0.3, -0.25) is 0 Å². The Morgan fingerprint density at radius 1 is 0.257 bits per heavy atom. The van der Waals surface area contributed by atoms with E-state index in [-0.39, 0.29) is 0 Å². The lowest BCUT2D eigenvalue weighted by molar-refractivity contribution is 1.11. The molecule has 0 bridgehead atoms. The second-order valence-electron chi connectivity index (χ2n) is 19.8. The summed E-state index contributed by atoms with van der Waals surface area (Å²) in [6.07, 6.45) is 10.0. The molecule has 1 nitrogen and oxygen atoms in total. The first-order chi connectivity index (χ1) is 36.7. The van der Waals surface area contributed by atoms with Crippen molar-refractivity contribution in [1.29, 1.82) is 0 Å². The van der Waals surface area contributed by atoms with Crippen molar-refractivity contribution in [1.82, 2.24) is 4.57 Å². The molecule has 1 heteroatoms. The Morgan fingerprint density at radius 2 is 0.676 bits per heavy atom. The van der Waals surface area contributed by atoms with Gasteiger partial charge >= 0.3 is 0 Å². The number of nitrogens with zero attached hydrogens (tertiary/aromatic N) is 1. The summed E-state index contributed by atoms with van der Waals surface area (Å²) < 4.78 is 2.44. The van der Waals surface area contributed by atoms with E-state index in [9.17, 15) is 0 Å². The third kappa shape index (κ3) is 6.71. The van der Waals surface area contributed by atoms with Gasteiger partial charge in [0.15, 0.2) is 0 Å². The van der Waals surface area contributed by atoms with Crippen molar-refractivity contribution < 1.29 is 0 Å². The van der Waals surface area contributed by atoms with Crippen molar-refractivity contribution >= 4 is 87.7 Å². The number of rotatable bonds is 6. The first kappa shape index (κ1) is 42.2. The van der Waals surface area contributed by atoms with Crippen molar-refractivity contribution in [2.75, 3.05) is 0 Å². The minimum absolute atomic E-state index is 0.927. The van der Waals surface area contributed by atoms with E-state index in [1.54, 1.807) is 0 Å². The third-order valence-corrected chi connectivity index (χ3v) is 15.7. The van der Waals surface area contributed by atoms with Crippen LogP contribution < -0.4 is 0 Å². The molecule has 14 aromatic rings. The standard InChI is InChI=1S/C73H47N/c1-2-26-58-59-27-14-15-35-69(59)74(68(58)34-3-1)57-25-17-24-54(45-57)71-62-30-10-8-28-60(62)70(61-29-9-11-31-63(61)71)53-23-16-22-51(44-53)52-40-41-66-67(46-52)73(56-39-37-48-19-5-7-21-50(48)43-56)65-33-13-12-32-64(65)72(66)55-38-36-47-18-4-6-20-49(47)42-55/h2-46H,1H2. The highest BCUT2D eigenvalue weighted by Gasteiger charge is 2.22. The molecule has 1 aliphatic carbocycles. The summed E-state index contributed by atoms with van der Waals surface area (Å²) in [5.74, 6) is 0. The Kier molecular flexibility index (Phi) is 9.71. The van der Waals surface area contributed by atoms with E-state index in [0.717, 1.165) is 12.1 Å². The molecular weight excluding hydrogens is 891 g/mol. The molecule has 0 radical (unpaired) electrons. The van der Waals surface area contributed by atoms with E-state index in [0.29, 0.717) is 0 Å². The molecule has 344 valence electrons. The Bertz CT molecular complexity index is 4640. The van der Waals surface area contributed by atoms with Crippen LogP contribution in [0.5, 0.6) is 0 Å². The topological polar surface area (TPSA) is 4.93 Å². The average Bonchev–Trinajstić information content (AvgIpc) is 3.57. The number of hydrogen-bond donors (Lipinski definition) is 0. The summed E-state index contributed by atoms with van der Waals surface area (Å²) in [5.41, 5.74) is 17.1. The maximum Gasteiger partial charge on any atom is 0.0541 e. The summed E-state index contributed by atoms with van der Waals surface area (Å²) in [6, 6.07) is 92.8. The van der Waals surface area contributed by atoms with E-state index in [4.69, 9.17) is 0 Å². The number of benzene rings is 13. The van der Waals surface area contributed by atoms with E-state index < -0.39 is 0 Å². The van der Waals surface area contributed by atoms with Crippen LogP contribution in [0.4, 0.5) is 0 Å². The van der Waals surface area contributed by atoms with Crippen molar-refractivity contribution in [2.24, 2.45) is 0 Å². The summed E-state index contributed by atoms with van der Waals surface area (Å²) in [6.45, 7) is 0. The van der Waals surface area contributed by atoms with Crippen LogP contribution in [-0.2, 0) is 0 Å². The largest absolute Gasteiger partial charge is 0.309 e. The lowest BCUT2D eigenvalue weighted by Crippen LogP contribution is -1.98. The zero-order valence-corrected chi connectivity index (χ0v) is 40.6. The fourth-order valence-electron chi connectivity index (χ4n) is 12.4. The zero-order valence-electron chi connectivity index (χ0n) is 40.6. The lowest BCUT2D eigenvalue weighted by atomic mass is 9.83. The van der Waals surface area contributed by atoms with E-state index in [2.05, 4.69) is 278 Å². The molecule has 0 saturated carbocycles. The smallest absolute Gasteiger partial charge is 0.0541 e. The second-order valence-corrected chi connectivity index (χ2v) is 19.8. The van der Waals surface area contributed by atoms with E-state index in [1.807, 2.05) is 0 Å². The molecule has 13 aromatic carbocycles. The van der Waals surface area contributed by atoms with Gasteiger partial charge in [0, 0.05) is 16.6 Å². The molecule has 0 saturated heterocycles. The van der Waals surface area contributed by atoms with Crippen LogP contribution in [0.3, 0.4) is 0 Å². The van der Waals surface area contributed by atoms with Gasteiger partial charge in [0.1, 0.15) is 0 Å². The van der Waals surface area contributed by atoms with Crippen molar-refractivity contribution in [3.05, 3.63) is 272 Å². The Balaban J connectivity index is 0.925. The fraction of sp³-hybridized carbons (Fsp3) is 0.0137. The van der Waals surface area contributed by atoms with Gasteiger partial charge in [-0.05, 0) is 175 Å². The Labute approximate surface area is 429 Å². The molecule has 0 aliphatic heterocycles. The van der Waals surface area contributed by atoms with Crippen LogP contribution in [-0.4, -0.2) is 4.57 Å². The van der Waals surface area contributed by atoms with Crippen molar-refractivity contribution in [3.63, 3.8) is 0 Å². The molecule has 0 fully saturated rings. The minimum Gasteiger partial charge on any atom is -0.309 e. The van der Waals surface area contributed by atoms with Crippen molar-refractivity contribution in [2.45, 2.75) is 6.42 Å². The molecule has 0 N–H and O–H groups in total. The molecule has 0 unspecified atom stereocenters. The van der Waals surface area contributed by atoms with Crippen LogP contribution in [0.15, 0.2) is 261 Å². The van der Waals surface area contributed by atoms with E-state index in [1.165, 1.54) is 142 Å². The van der Waals surface area contributed by atoms with Gasteiger partial charge in [-0.1, -0.05) is 224 Å². The van der Waals surface area contributed by atoms with Crippen LogP contribution in [0.2, 0.25) is 0 Å². The lowest BCUT2D eigenvalue weighted by Gasteiger charge is -2.20. The van der Waals surface area contributed by atoms with Crippen LogP contribution in [0, 0.1) is 0 Å². The maximum absolute atomic E-state index is 2.46. The van der Waals surface area contributed by atoms with Gasteiger partial charge in [0.2, 0.25) is 0 Å². The number of fused-ring (bicyclic) bond motifs is 9. The van der Waals surface area contributed by atoms with Gasteiger partial charge in [0.25, 0.3) is 0 Å². The SMILES string of the molecule is C1=Cc2c(n(-c3cccc(-c4c5ccccc5c(-c5cccc(-c6ccc7c(-c8ccc9ccccc9c8)c8ccccc8c(-c8ccc9ccccc9c8)c7c6)c5)c5ccccc45)c3)c3ccccc23)C=CC1. The molecule has 1 heterocycles. The van der Waals surface area contributed by atoms with Crippen molar-refractivity contribution in [3.8, 4) is 61.3 Å². The van der Waals surface area contributed by atoms with Gasteiger partial charge in [-0.2, -0.15) is 0 Å². The van der Waals surface area contributed by atoms with Gasteiger partial charge in [-0.25, -0.2) is 0 Å². The number of allylic oxidation sites excluding steroid dienone is 2. The number of hydrogen-bond acceptors (Lipinski definition) is 0. The highest BCUT2D eigenvalue weighted by atomic mass is 15.0. The summed E-state index contributed by atoms with van der Waals surface area (Å²) >= 11 is 0. The Morgan fingerprint density at radius 3 is 1.27 bits per heavy atom. The maximum atomic E-state index is 2.46. The highest BCUT2D eigenvalue weighted by molar-refractivity contribution is 6.24. The molecule has 74 heavy (non-hydrogen) atoms. The fourth-order valence-corrected chi connectivity index (χ4v) is 12.4. The molecule has 0 amide bonds. The normalized spacial score (nSPS) is 12.4. The monoisotopic (exact) mass is 937 g/mol. The first-order valence-electron chi connectivity index (χ1n) is 25.8. The van der Waals surface area contributed by atoms with Gasteiger partial charge in [0.05, 0.1) is 11.2 Å². The summed E-state index contributed by atoms with van der Waals surface area (Å²) in [4.78, 5) is 0. The molecule has 15 rings (SSSR count). The Hall–Kier alpha value is -9.56. The predicted octanol–water partition coefficient (Wildman–Crippen LogP) is 20.3. The predicted molar refractivity (Wildman–Crippen MR) is 318 cm³/mol. The quantitative estimate of drug-likeness (QED) is 0.146. The summed E-state index contributed by atoms with van der Waals surface area (Å²) in [5, 5.41) is 16.2. The second kappa shape index (κ2) is 17.1. The molecule has 1 aromatic heterocycles. The zero-order chi connectivity index (χ0) is 48.7. The number of aromatic nitrogens is 1. The average molecular weight is 938 g/mol. The van der Waals surface area contributed by atoms with Gasteiger partial charge < -0.3 is 4.57 Å². The van der Waals surface area contributed by atoms with Crippen LogP contribution >= 0.6 is 0 Å². The summed E-state index contributed by atoms with van der Waals surface area (Å²) in [7, 11) is 0. The molecule has 1 aliphatic rings. The molecule has 0 spiro atoms. The molecular formula is C73H47N. The highest BCUT2D eigenvalue weighted by Crippen LogP contribution is 2.48. The molecule has 0 atom stereocenters. The van der Waals surface area contributed by atoms with Crippen LogP contribution in [0.25, 0.3) is 149 Å². The third-order valence-electron chi connectivity index (χ3n) is 15.7.